The fourth-order valence-electron chi connectivity index (χ4n) is 1.79. The molecule has 2 aromatic rings. The molecule has 19 heavy (non-hydrogen) atoms. The molecule has 1 heterocycles. The lowest BCUT2D eigenvalue weighted by Crippen LogP contribution is -2.00. The van der Waals surface area contributed by atoms with Crippen LogP contribution in [0.1, 0.15) is 15.9 Å². The molecule has 0 aliphatic carbocycles. The van der Waals surface area contributed by atoms with E-state index in [0.717, 1.165) is 16.5 Å². The van der Waals surface area contributed by atoms with Crippen LogP contribution in [0.25, 0.3) is 27.4 Å². The molecule has 1 aromatic heterocycles. The normalized spacial score (nSPS) is 10.6. The summed E-state index contributed by atoms with van der Waals surface area (Å²) in [6, 6.07) is 5.31. The van der Waals surface area contributed by atoms with Crippen molar-refractivity contribution in [2.75, 3.05) is 13.7 Å². The average molecular weight is 256 g/mol. The topological polar surface area (TPSA) is 90.8 Å². The maximum atomic E-state index is 11.4. The van der Waals surface area contributed by atoms with Crippen molar-refractivity contribution in [2.45, 2.75) is 0 Å². The Kier molecular flexibility index (Phi) is 3.85. The van der Waals surface area contributed by atoms with Crippen molar-refractivity contribution in [1.82, 2.24) is 4.98 Å². The highest BCUT2D eigenvalue weighted by atomic mass is 16.5. The van der Waals surface area contributed by atoms with Gasteiger partial charge in [0, 0.05) is 28.6 Å². The van der Waals surface area contributed by atoms with Gasteiger partial charge in [0.05, 0.1) is 12.7 Å². The number of esters is 1. The predicted molar refractivity (Wildman–Crippen MR) is 72.7 cm³/mol. The second-order valence-electron chi connectivity index (χ2n) is 3.81. The number of nitrogens with zero attached hydrogens (tertiary/aromatic N) is 3. The Hall–Kier alpha value is -2.72. The monoisotopic (exact) mass is 256 g/mol. The molecule has 1 N–H and O–H groups in total. The molecule has 1 aromatic carbocycles. The number of nitrogens with one attached hydrogen (secondary N) is 1. The molecule has 96 valence electrons. The first-order valence-corrected chi connectivity index (χ1v) is 5.63. The highest BCUT2D eigenvalue weighted by Crippen LogP contribution is 2.21. The Bertz CT molecular complexity index is 681. The van der Waals surface area contributed by atoms with Gasteiger partial charge in [-0.15, -0.1) is 0 Å². The van der Waals surface area contributed by atoms with E-state index in [-0.39, 0.29) is 5.97 Å². The van der Waals surface area contributed by atoms with E-state index < -0.39 is 0 Å². The number of azide groups is 1. The molecule has 0 atom stereocenters. The molecular weight excluding hydrogens is 244 g/mol. The molecule has 0 fully saturated rings. The SMILES string of the molecule is COC(=O)c1ccc2c(C=CCN=[N+]=[N-])c[nH]c2c1. The van der Waals surface area contributed by atoms with Crippen molar-refractivity contribution in [3.63, 3.8) is 0 Å². The zero-order valence-corrected chi connectivity index (χ0v) is 10.3. The third kappa shape index (κ3) is 2.75. The van der Waals surface area contributed by atoms with Crippen molar-refractivity contribution >= 4 is 22.9 Å². The van der Waals surface area contributed by atoms with Crippen LogP contribution in [0.15, 0.2) is 35.6 Å². The van der Waals surface area contributed by atoms with Crippen molar-refractivity contribution in [3.05, 3.63) is 52.0 Å². The van der Waals surface area contributed by atoms with Crippen molar-refractivity contribution in [3.8, 4) is 0 Å². The molecule has 0 unspecified atom stereocenters. The van der Waals surface area contributed by atoms with Gasteiger partial charge in [0.25, 0.3) is 0 Å². The number of methoxy groups -OCH3 is 1. The highest BCUT2D eigenvalue weighted by molar-refractivity contribution is 5.96. The number of hydrogen-bond donors (Lipinski definition) is 1. The first-order valence-electron chi connectivity index (χ1n) is 5.63. The summed E-state index contributed by atoms with van der Waals surface area (Å²) in [7, 11) is 1.35. The van der Waals surface area contributed by atoms with E-state index in [1.807, 2.05) is 18.3 Å². The first kappa shape index (κ1) is 12.7. The van der Waals surface area contributed by atoms with Gasteiger partial charge in [0.1, 0.15) is 0 Å². The van der Waals surface area contributed by atoms with Gasteiger partial charge in [-0.05, 0) is 23.2 Å². The second-order valence-corrected chi connectivity index (χ2v) is 3.81. The van der Waals surface area contributed by atoms with Gasteiger partial charge < -0.3 is 9.72 Å². The predicted octanol–water partition coefficient (Wildman–Crippen LogP) is 3.28. The number of benzene rings is 1. The van der Waals surface area contributed by atoms with E-state index in [0.29, 0.717) is 12.1 Å². The molecule has 6 heteroatoms. The fourth-order valence-corrected chi connectivity index (χ4v) is 1.79. The smallest absolute Gasteiger partial charge is 0.337 e. The highest BCUT2D eigenvalue weighted by Gasteiger charge is 2.07. The minimum atomic E-state index is -0.364. The summed E-state index contributed by atoms with van der Waals surface area (Å²) in [5.41, 5.74) is 10.5. The Morgan fingerprint density at radius 1 is 1.58 bits per heavy atom. The molecule has 0 bridgehead atoms. The minimum absolute atomic E-state index is 0.309. The number of carbonyl (C=O) groups excluding carboxylic acids is 1. The van der Waals surface area contributed by atoms with Crippen LogP contribution >= 0.6 is 0 Å². The average Bonchev–Trinajstić information content (AvgIpc) is 2.85. The summed E-state index contributed by atoms with van der Waals surface area (Å²) in [4.78, 5) is 17.2. The Morgan fingerprint density at radius 3 is 3.16 bits per heavy atom. The van der Waals surface area contributed by atoms with Crippen LogP contribution in [0.2, 0.25) is 0 Å². The van der Waals surface area contributed by atoms with Crippen LogP contribution in [-0.2, 0) is 4.74 Å². The summed E-state index contributed by atoms with van der Waals surface area (Å²) in [6.07, 6.45) is 5.47. The molecular formula is C13H12N4O2. The van der Waals surface area contributed by atoms with Gasteiger partial charge in [0.2, 0.25) is 0 Å². The van der Waals surface area contributed by atoms with Crippen LogP contribution in [0.4, 0.5) is 0 Å². The number of fused-ring (bicyclic) bond motifs is 1. The van der Waals surface area contributed by atoms with Gasteiger partial charge in [-0.2, -0.15) is 0 Å². The van der Waals surface area contributed by atoms with E-state index in [4.69, 9.17) is 5.53 Å². The number of aromatic nitrogens is 1. The molecule has 0 saturated heterocycles. The number of H-pyrrole nitrogens is 1. The van der Waals surface area contributed by atoms with E-state index >= 15 is 0 Å². The van der Waals surface area contributed by atoms with Gasteiger partial charge in [-0.1, -0.05) is 23.3 Å². The zero-order chi connectivity index (χ0) is 13.7. The molecule has 0 aliphatic rings. The molecule has 6 nitrogen and oxygen atoms in total. The van der Waals surface area contributed by atoms with Crippen LogP contribution in [-0.4, -0.2) is 24.6 Å². The standard InChI is InChI=1S/C13H12N4O2/c1-19-13(18)9-4-5-11-10(3-2-6-16-17-14)8-15-12(11)7-9/h2-5,7-8,15H,6H2,1H3. The molecule has 0 aliphatic heterocycles. The van der Waals surface area contributed by atoms with Crippen molar-refractivity contribution in [2.24, 2.45) is 5.11 Å². The summed E-state index contributed by atoms with van der Waals surface area (Å²) in [5.74, 6) is -0.364. The lowest BCUT2D eigenvalue weighted by atomic mass is 10.1. The maximum Gasteiger partial charge on any atom is 0.337 e. The van der Waals surface area contributed by atoms with Crippen LogP contribution in [0.3, 0.4) is 0 Å². The van der Waals surface area contributed by atoms with Gasteiger partial charge >= 0.3 is 5.97 Å². The quantitative estimate of drug-likeness (QED) is 0.393. The van der Waals surface area contributed by atoms with Gasteiger partial charge in [-0.25, -0.2) is 4.79 Å². The number of rotatable bonds is 4. The van der Waals surface area contributed by atoms with Crippen LogP contribution in [0, 0.1) is 0 Å². The van der Waals surface area contributed by atoms with Crippen LogP contribution in [0.5, 0.6) is 0 Å². The van der Waals surface area contributed by atoms with E-state index in [9.17, 15) is 4.79 Å². The maximum absolute atomic E-state index is 11.4. The minimum Gasteiger partial charge on any atom is -0.465 e. The van der Waals surface area contributed by atoms with Gasteiger partial charge in [0.15, 0.2) is 0 Å². The van der Waals surface area contributed by atoms with Crippen LogP contribution < -0.4 is 0 Å². The van der Waals surface area contributed by atoms with E-state index in [2.05, 4.69) is 19.7 Å². The summed E-state index contributed by atoms with van der Waals surface area (Å²) in [5, 5.41) is 4.41. The largest absolute Gasteiger partial charge is 0.465 e. The summed E-state index contributed by atoms with van der Waals surface area (Å²) in [6.45, 7) is 0.309. The second kappa shape index (κ2) is 5.75. The van der Waals surface area contributed by atoms with Crippen molar-refractivity contribution in [1.29, 1.82) is 0 Å². The van der Waals surface area contributed by atoms with E-state index in [1.54, 1.807) is 18.2 Å². The number of hydrogen-bond acceptors (Lipinski definition) is 3. The molecule has 0 radical (unpaired) electrons. The number of ether oxygens (including phenoxy) is 1. The Balaban J connectivity index is 2.31. The third-order valence-corrected chi connectivity index (χ3v) is 2.68. The Morgan fingerprint density at radius 2 is 2.42 bits per heavy atom. The summed E-state index contributed by atoms with van der Waals surface area (Å²) >= 11 is 0. The zero-order valence-electron chi connectivity index (χ0n) is 10.3. The molecule has 0 amide bonds. The Labute approximate surface area is 109 Å². The van der Waals surface area contributed by atoms with Crippen molar-refractivity contribution < 1.29 is 9.53 Å². The fraction of sp³-hybridized carbons (Fsp3) is 0.154. The van der Waals surface area contributed by atoms with E-state index in [1.165, 1.54) is 7.11 Å². The van der Waals surface area contributed by atoms with Gasteiger partial charge in [-0.3, -0.25) is 0 Å². The molecule has 2 rings (SSSR count). The number of carbonyl (C=O) groups is 1. The first-order chi connectivity index (χ1) is 9.26. The lowest BCUT2D eigenvalue weighted by molar-refractivity contribution is 0.0601. The third-order valence-electron chi connectivity index (χ3n) is 2.68. The lowest BCUT2D eigenvalue weighted by Gasteiger charge is -1.99. The number of aromatic amines is 1. The molecule has 0 saturated carbocycles. The summed E-state index contributed by atoms with van der Waals surface area (Å²) < 4.78 is 4.67. The molecule has 0 spiro atoms.